The normalized spacial score (nSPS) is 12.7. The molecule has 0 radical (unpaired) electrons. The quantitative estimate of drug-likeness (QED) is 0.413. The fraction of sp³-hybridized carbons (Fsp3) is 0.176. The predicted molar refractivity (Wildman–Crippen MR) is 108 cm³/mol. The lowest BCUT2D eigenvalue weighted by Gasteiger charge is -2.04. The van der Waals surface area contributed by atoms with Crippen LogP contribution in [0.4, 0.5) is 5.82 Å². The molecule has 2 heterocycles. The molecule has 0 amide bonds. The van der Waals surface area contributed by atoms with Gasteiger partial charge in [0.25, 0.3) is 0 Å². The molecule has 4 N–H and O–H groups in total. The second-order valence-electron chi connectivity index (χ2n) is 5.19. The van der Waals surface area contributed by atoms with Gasteiger partial charge in [0.15, 0.2) is 5.82 Å². The summed E-state index contributed by atoms with van der Waals surface area (Å²) in [7, 11) is 0. The zero-order chi connectivity index (χ0) is 17.8. The van der Waals surface area contributed by atoms with E-state index >= 15 is 0 Å². The number of thiophene rings is 1. The van der Waals surface area contributed by atoms with Crippen molar-refractivity contribution in [3.05, 3.63) is 36.0 Å². The molecule has 2 aromatic heterocycles. The maximum atomic E-state index is 5.90. The lowest BCUT2D eigenvalue weighted by Crippen LogP contribution is -2.17. The van der Waals surface area contributed by atoms with Crippen LogP contribution in [0.3, 0.4) is 0 Å². The van der Waals surface area contributed by atoms with Crippen LogP contribution in [0.1, 0.15) is 13.3 Å². The first kappa shape index (κ1) is 17.4. The number of hydrogen-bond acceptors (Lipinski definition) is 5. The molecule has 0 saturated heterocycles. The van der Waals surface area contributed by atoms with Crippen molar-refractivity contribution in [2.75, 3.05) is 6.26 Å². The fourth-order valence-corrected chi connectivity index (χ4v) is 3.68. The van der Waals surface area contributed by atoms with Crippen LogP contribution in [-0.2, 0) is 0 Å². The van der Waals surface area contributed by atoms with Gasteiger partial charge in [-0.1, -0.05) is 19.1 Å². The van der Waals surface area contributed by atoms with Crippen molar-refractivity contribution in [2.24, 2.45) is 21.5 Å². The Morgan fingerprint density at radius 1 is 1.28 bits per heavy atom. The molecule has 0 unspecified atom stereocenters. The van der Waals surface area contributed by atoms with E-state index in [-0.39, 0.29) is 5.96 Å². The number of guanidine groups is 1. The zero-order valence-electron chi connectivity index (χ0n) is 13.9. The highest BCUT2D eigenvalue weighted by molar-refractivity contribution is 7.98. The topological polar surface area (TPSA) is 103 Å². The van der Waals surface area contributed by atoms with Gasteiger partial charge >= 0.3 is 0 Å². The van der Waals surface area contributed by atoms with Crippen LogP contribution in [0.2, 0.25) is 0 Å². The number of nitrogens with two attached hydrogens (primary N) is 2. The minimum Gasteiger partial charge on any atom is -0.387 e. The molecule has 128 valence electrons. The molecule has 0 bridgehead atoms. The Labute approximate surface area is 154 Å². The second kappa shape index (κ2) is 7.62. The standard InChI is InChI=1S/C17H18N6S2/c1-3-13(18)22-17(19)23-15-14-12(8-25-16(14)21-9-20-15)10-5-4-6-11(7-10)24-2/h4-9H,3H2,1-2H3,(H4,18,19,20,21,22,23). The molecule has 0 aliphatic rings. The van der Waals surface area contributed by atoms with Gasteiger partial charge in [-0.2, -0.15) is 4.99 Å². The van der Waals surface area contributed by atoms with Crippen LogP contribution < -0.4 is 11.5 Å². The predicted octanol–water partition coefficient (Wildman–Crippen LogP) is 3.79. The molecule has 1 aromatic carbocycles. The van der Waals surface area contributed by atoms with E-state index in [1.54, 1.807) is 23.1 Å². The maximum Gasteiger partial charge on any atom is 0.223 e. The minimum atomic E-state index is 0.0920. The molecule has 8 heteroatoms. The summed E-state index contributed by atoms with van der Waals surface area (Å²) in [5.41, 5.74) is 13.8. The summed E-state index contributed by atoms with van der Waals surface area (Å²) in [4.78, 5) is 19.1. The van der Waals surface area contributed by atoms with Crippen molar-refractivity contribution in [2.45, 2.75) is 18.2 Å². The number of aromatic nitrogens is 2. The SMILES string of the molecule is CC/C(N)=N/C(N)=N/c1ncnc2scc(-c3cccc(SC)c3)c12. The molecule has 25 heavy (non-hydrogen) atoms. The van der Waals surface area contributed by atoms with Gasteiger partial charge in [0.05, 0.1) is 5.39 Å². The van der Waals surface area contributed by atoms with E-state index in [0.29, 0.717) is 18.1 Å². The molecule has 3 aromatic rings. The number of rotatable bonds is 4. The van der Waals surface area contributed by atoms with Gasteiger partial charge in [-0.15, -0.1) is 23.1 Å². The van der Waals surface area contributed by atoms with E-state index in [2.05, 4.69) is 49.8 Å². The monoisotopic (exact) mass is 370 g/mol. The molecule has 0 aliphatic carbocycles. The lowest BCUT2D eigenvalue weighted by molar-refractivity contribution is 1.19. The van der Waals surface area contributed by atoms with Gasteiger partial charge in [0.2, 0.25) is 5.96 Å². The van der Waals surface area contributed by atoms with Crippen LogP contribution in [0.25, 0.3) is 21.3 Å². The number of aliphatic imine (C=N–C) groups is 2. The third kappa shape index (κ3) is 3.80. The number of hydrogen-bond donors (Lipinski definition) is 2. The molecule has 6 nitrogen and oxygen atoms in total. The van der Waals surface area contributed by atoms with Gasteiger partial charge in [0, 0.05) is 22.3 Å². The molecular weight excluding hydrogens is 352 g/mol. The number of nitrogens with zero attached hydrogens (tertiary/aromatic N) is 4. The van der Waals surface area contributed by atoms with Gasteiger partial charge < -0.3 is 11.5 Å². The second-order valence-corrected chi connectivity index (χ2v) is 6.92. The van der Waals surface area contributed by atoms with E-state index in [9.17, 15) is 0 Å². The molecule has 0 aliphatic heterocycles. The number of amidine groups is 1. The van der Waals surface area contributed by atoms with E-state index in [0.717, 1.165) is 21.3 Å². The Bertz CT molecular complexity index is 961. The van der Waals surface area contributed by atoms with Gasteiger partial charge in [-0.25, -0.2) is 15.0 Å². The first-order valence-corrected chi connectivity index (χ1v) is 9.76. The Kier molecular flexibility index (Phi) is 5.30. The van der Waals surface area contributed by atoms with Crippen molar-refractivity contribution in [3.63, 3.8) is 0 Å². The highest BCUT2D eigenvalue weighted by atomic mass is 32.2. The van der Waals surface area contributed by atoms with Crippen LogP contribution in [-0.4, -0.2) is 28.0 Å². The Morgan fingerprint density at radius 3 is 2.88 bits per heavy atom. The lowest BCUT2D eigenvalue weighted by atomic mass is 10.1. The number of benzene rings is 1. The smallest absolute Gasteiger partial charge is 0.223 e. The molecule has 0 fully saturated rings. The van der Waals surface area contributed by atoms with E-state index in [1.165, 1.54) is 11.2 Å². The van der Waals surface area contributed by atoms with Crippen LogP contribution in [0, 0.1) is 0 Å². The summed E-state index contributed by atoms with van der Waals surface area (Å²) in [5, 5.41) is 2.94. The van der Waals surface area contributed by atoms with E-state index in [1.807, 2.05) is 13.0 Å². The Morgan fingerprint density at radius 2 is 2.12 bits per heavy atom. The molecule has 0 atom stereocenters. The van der Waals surface area contributed by atoms with Gasteiger partial charge in [0.1, 0.15) is 17.0 Å². The summed E-state index contributed by atoms with van der Waals surface area (Å²) in [6.07, 6.45) is 4.15. The minimum absolute atomic E-state index is 0.0920. The van der Waals surface area contributed by atoms with Crippen molar-refractivity contribution in [3.8, 4) is 11.1 Å². The van der Waals surface area contributed by atoms with Crippen molar-refractivity contribution >= 4 is 50.9 Å². The van der Waals surface area contributed by atoms with Crippen LogP contribution in [0.5, 0.6) is 0 Å². The number of thioether (sulfide) groups is 1. The van der Waals surface area contributed by atoms with Crippen molar-refractivity contribution in [1.82, 2.24) is 9.97 Å². The van der Waals surface area contributed by atoms with Crippen molar-refractivity contribution < 1.29 is 0 Å². The molecule has 3 rings (SSSR count). The first-order valence-electron chi connectivity index (χ1n) is 7.66. The van der Waals surface area contributed by atoms with E-state index < -0.39 is 0 Å². The van der Waals surface area contributed by atoms with Crippen LogP contribution >= 0.6 is 23.1 Å². The molecule has 0 spiro atoms. The molecule has 0 saturated carbocycles. The largest absolute Gasteiger partial charge is 0.387 e. The third-order valence-corrected chi connectivity index (χ3v) is 5.18. The summed E-state index contributed by atoms with van der Waals surface area (Å²) in [5.74, 6) is 1.03. The summed E-state index contributed by atoms with van der Waals surface area (Å²) in [6, 6.07) is 8.33. The maximum absolute atomic E-state index is 5.90. The highest BCUT2D eigenvalue weighted by Crippen LogP contribution is 2.38. The van der Waals surface area contributed by atoms with Gasteiger partial charge in [-0.3, -0.25) is 0 Å². The Balaban J connectivity index is 2.15. The third-order valence-electron chi connectivity index (χ3n) is 3.57. The van der Waals surface area contributed by atoms with Crippen molar-refractivity contribution in [1.29, 1.82) is 0 Å². The molecular formula is C17H18N6S2. The fourth-order valence-electron chi connectivity index (χ4n) is 2.31. The summed E-state index contributed by atoms with van der Waals surface area (Å²) in [6.45, 7) is 1.91. The van der Waals surface area contributed by atoms with E-state index in [4.69, 9.17) is 11.5 Å². The summed E-state index contributed by atoms with van der Waals surface area (Å²) >= 11 is 3.26. The first-order chi connectivity index (χ1) is 12.1. The average Bonchev–Trinajstić information content (AvgIpc) is 3.06. The average molecular weight is 371 g/mol. The van der Waals surface area contributed by atoms with Crippen LogP contribution in [0.15, 0.2) is 50.9 Å². The summed E-state index contributed by atoms with van der Waals surface area (Å²) < 4.78 is 0. The highest BCUT2D eigenvalue weighted by Gasteiger charge is 2.13. The zero-order valence-corrected chi connectivity index (χ0v) is 15.6. The van der Waals surface area contributed by atoms with Gasteiger partial charge in [-0.05, 0) is 24.0 Å². The Hall–Kier alpha value is -2.45. The number of fused-ring (bicyclic) bond motifs is 1.